The number of carbonyl (C=O) groups is 1. The first-order chi connectivity index (χ1) is 9.96. The van der Waals surface area contributed by atoms with Crippen LogP contribution < -0.4 is 5.32 Å². The molecule has 1 rings (SSSR count). The zero-order chi connectivity index (χ0) is 16.0. The Morgan fingerprint density at radius 2 is 2.05 bits per heavy atom. The second-order valence-electron chi connectivity index (χ2n) is 4.33. The molecule has 11 heteroatoms. The van der Waals surface area contributed by atoms with E-state index in [1.165, 1.54) is 7.11 Å². The fourth-order valence-electron chi connectivity index (χ4n) is 1.82. The molecule has 5 atom stereocenters. The van der Waals surface area contributed by atoms with E-state index in [9.17, 15) is 25.0 Å². The van der Waals surface area contributed by atoms with Gasteiger partial charge in [-0.2, -0.15) is 5.01 Å². The lowest BCUT2D eigenvalue weighted by molar-refractivity contribution is -0.288. The molecule has 0 aromatic rings. The van der Waals surface area contributed by atoms with Crippen molar-refractivity contribution in [3.8, 4) is 0 Å². The third kappa shape index (κ3) is 4.46. The van der Waals surface area contributed by atoms with E-state index in [4.69, 9.17) is 21.1 Å². The molecule has 1 aliphatic heterocycles. The molecule has 2 amide bonds. The third-order valence-corrected chi connectivity index (χ3v) is 3.15. The third-order valence-electron chi connectivity index (χ3n) is 2.98. The van der Waals surface area contributed by atoms with Crippen molar-refractivity contribution in [3.05, 3.63) is 4.91 Å². The summed E-state index contributed by atoms with van der Waals surface area (Å²) in [4.78, 5) is 22.0. The Morgan fingerprint density at radius 3 is 2.57 bits per heavy atom. The lowest BCUT2D eigenvalue weighted by Crippen LogP contribution is -2.60. The van der Waals surface area contributed by atoms with Crippen molar-refractivity contribution in [3.63, 3.8) is 0 Å². The van der Waals surface area contributed by atoms with Gasteiger partial charge in [0.15, 0.2) is 6.29 Å². The number of aliphatic hydroxyl groups excluding tert-OH is 3. The van der Waals surface area contributed by atoms with Crippen LogP contribution in [0.2, 0.25) is 0 Å². The van der Waals surface area contributed by atoms with Gasteiger partial charge in [-0.1, -0.05) is 0 Å². The summed E-state index contributed by atoms with van der Waals surface area (Å²) in [5, 5.41) is 34.4. The predicted molar refractivity (Wildman–Crippen MR) is 70.3 cm³/mol. The van der Waals surface area contributed by atoms with Gasteiger partial charge in [0.05, 0.1) is 11.8 Å². The number of amides is 2. The molecule has 21 heavy (non-hydrogen) atoms. The van der Waals surface area contributed by atoms with Crippen LogP contribution in [0.1, 0.15) is 0 Å². The van der Waals surface area contributed by atoms with Crippen LogP contribution in [0, 0.1) is 4.91 Å². The lowest BCUT2D eigenvalue weighted by Gasteiger charge is -2.39. The zero-order valence-corrected chi connectivity index (χ0v) is 12.0. The summed E-state index contributed by atoms with van der Waals surface area (Å²) in [6.45, 7) is -0.301. The van der Waals surface area contributed by atoms with Crippen molar-refractivity contribution in [2.24, 2.45) is 5.29 Å². The molecular weight excluding hydrogens is 310 g/mol. The van der Waals surface area contributed by atoms with Gasteiger partial charge >= 0.3 is 6.03 Å². The van der Waals surface area contributed by atoms with E-state index in [0.717, 1.165) is 0 Å². The first-order valence-electron chi connectivity index (χ1n) is 6.13. The quantitative estimate of drug-likeness (QED) is 0.261. The minimum atomic E-state index is -1.49. The van der Waals surface area contributed by atoms with E-state index >= 15 is 0 Å². The van der Waals surface area contributed by atoms with E-state index in [0.29, 0.717) is 5.01 Å². The second kappa shape index (κ2) is 8.41. The number of nitrogens with zero attached hydrogens (tertiary/aromatic N) is 2. The molecule has 4 N–H and O–H groups in total. The van der Waals surface area contributed by atoms with Crippen LogP contribution in [0.4, 0.5) is 4.79 Å². The Hall–Kier alpha value is -1.04. The van der Waals surface area contributed by atoms with Gasteiger partial charge in [0.1, 0.15) is 24.4 Å². The molecule has 0 spiro atoms. The summed E-state index contributed by atoms with van der Waals surface area (Å²) in [6, 6.07) is -0.823. The number of rotatable bonds is 6. The van der Waals surface area contributed by atoms with Crippen molar-refractivity contribution in [2.45, 2.75) is 30.7 Å². The van der Waals surface area contributed by atoms with Gasteiger partial charge in [0.25, 0.3) is 0 Å². The zero-order valence-electron chi connectivity index (χ0n) is 11.3. The van der Waals surface area contributed by atoms with Crippen LogP contribution in [-0.4, -0.2) is 83.1 Å². The SMILES string of the molecule is CO[C@H]1O[C@@H](CNC(=O)N(CCCl)N=O)[C@@H](O)[C@@H](O)[C@H]1O. The summed E-state index contributed by atoms with van der Waals surface area (Å²) >= 11 is 5.40. The number of urea groups is 1. The molecule has 0 radical (unpaired) electrons. The van der Waals surface area contributed by atoms with E-state index in [1.807, 2.05) is 0 Å². The maximum absolute atomic E-state index is 11.6. The summed E-state index contributed by atoms with van der Waals surface area (Å²) < 4.78 is 10.0. The molecular formula is C10H18ClN3O7. The minimum absolute atomic E-state index is 0.0262. The van der Waals surface area contributed by atoms with Gasteiger partial charge in [0, 0.05) is 19.5 Å². The number of hydrogen-bond donors (Lipinski definition) is 4. The highest BCUT2D eigenvalue weighted by Gasteiger charge is 2.43. The molecule has 10 nitrogen and oxygen atoms in total. The van der Waals surface area contributed by atoms with Crippen LogP contribution in [0.3, 0.4) is 0 Å². The summed E-state index contributed by atoms with van der Waals surface area (Å²) in [7, 11) is 1.26. The number of ether oxygens (including phenoxy) is 2. The number of aliphatic hydroxyl groups is 3. The van der Waals surface area contributed by atoms with Crippen molar-refractivity contribution in [1.82, 2.24) is 10.3 Å². The predicted octanol–water partition coefficient (Wildman–Crippen LogP) is -1.63. The van der Waals surface area contributed by atoms with Gasteiger partial charge in [-0.3, -0.25) is 0 Å². The van der Waals surface area contributed by atoms with Gasteiger partial charge < -0.3 is 30.1 Å². The molecule has 1 aliphatic rings. The molecule has 1 heterocycles. The number of carbonyl (C=O) groups excluding carboxylic acids is 1. The Morgan fingerprint density at radius 1 is 1.38 bits per heavy atom. The normalized spacial score (nSPS) is 32.5. The standard InChI is InChI=1S/C10H18ClN3O7/c1-20-9-8(17)7(16)6(15)5(21-9)4-12-10(18)14(13-19)3-2-11/h5-9,15-17H,2-4H2,1H3,(H,12,18)/t5-,6+,7+,8+,9-/m0/s1. The van der Waals surface area contributed by atoms with Gasteiger partial charge in [-0.05, 0) is 0 Å². The Bertz CT molecular complexity index is 360. The highest BCUT2D eigenvalue weighted by Crippen LogP contribution is 2.21. The van der Waals surface area contributed by atoms with Gasteiger partial charge in [-0.25, -0.2) is 4.79 Å². The summed E-state index contributed by atoms with van der Waals surface area (Å²) in [6.07, 6.45) is -6.51. The van der Waals surface area contributed by atoms with E-state index in [-0.39, 0.29) is 19.0 Å². The van der Waals surface area contributed by atoms with Crippen molar-refractivity contribution >= 4 is 17.6 Å². The molecule has 0 aromatic heterocycles. The molecule has 0 saturated carbocycles. The Balaban J connectivity index is 2.57. The van der Waals surface area contributed by atoms with Crippen LogP contribution in [-0.2, 0) is 9.47 Å². The van der Waals surface area contributed by atoms with Crippen LogP contribution in [0.5, 0.6) is 0 Å². The Labute approximate surface area is 125 Å². The highest BCUT2D eigenvalue weighted by molar-refractivity contribution is 6.18. The van der Waals surface area contributed by atoms with Crippen LogP contribution >= 0.6 is 11.6 Å². The van der Waals surface area contributed by atoms with Gasteiger partial charge in [0.2, 0.25) is 0 Å². The maximum Gasteiger partial charge on any atom is 0.340 e. The molecule has 1 saturated heterocycles. The highest BCUT2D eigenvalue weighted by atomic mass is 35.5. The fraction of sp³-hybridized carbons (Fsp3) is 0.900. The maximum atomic E-state index is 11.6. The number of halogens is 1. The minimum Gasteiger partial charge on any atom is -0.388 e. The van der Waals surface area contributed by atoms with Crippen molar-refractivity contribution in [1.29, 1.82) is 0 Å². The molecule has 0 aromatic carbocycles. The average Bonchev–Trinajstić information content (AvgIpc) is 2.49. The largest absolute Gasteiger partial charge is 0.388 e. The van der Waals surface area contributed by atoms with Crippen LogP contribution in [0.15, 0.2) is 5.29 Å². The smallest absolute Gasteiger partial charge is 0.340 e. The molecule has 122 valence electrons. The molecule has 0 unspecified atom stereocenters. The van der Waals surface area contributed by atoms with Gasteiger partial charge in [-0.15, -0.1) is 16.5 Å². The first kappa shape index (κ1) is 18.0. The number of hydrogen-bond acceptors (Lipinski definition) is 8. The van der Waals surface area contributed by atoms with E-state index in [1.54, 1.807) is 0 Å². The first-order valence-corrected chi connectivity index (χ1v) is 6.66. The molecule has 0 aliphatic carbocycles. The van der Waals surface area contributed by atoms with Crippen molar-refractivity contribution < 1.29 is 29.6 Å². The number of methoxy groups -OCH3 is 1. The van der Waals surface area contributed by atoms with Crippen molar-refractivity contribution in [2.75, 3.05) is 26.1 Å². The average molecular weight is 328 g/mol. The fourth-order valence-corrected chi connectivity index (χ4v) is 1.98. The molecule has 0 bridgehead atoms. The summed E-state index contributed by atoms with van der Waals surface area (Å²) in [5.41, 5.74) is 0. The van der Waals surface area contributed by atoms with E-state index in [2.05, 4.69) is 10.6 Å². The number of nitrogens with one attached hydrogen (secondary N) is 1. The monoisotopic (exact) mass is 327 g/mol. The Kier molecular flexibility index (Phi) is 7.22. The number of nitroso groups, excluding NO2 is 1. The topological polar surface area (TPSA) is 141 Å². The number of alkyl halides is 1. The molecule has 1 fully saturated rings. The van der Waals surface area contributed by atoms with Crippen LogP contribution in [0.25, 0.3) is 0 Å². The second-order valence-corrected chi connectivity index (χ2v) is 4.71. The summed E-state index contributed by atoms with van der Waals surface area (Å²) in [5.74, 6) is 0.0262. The lowest BCUT2D eigenvalue weighted by atomic mass is 9.99. The van der Waals surface area contributed by atoms with E-state index < -0.39 is 36.7 Å².